The van der Waals surface area contributed by atoms with E-state index in [0.29, 0.717) is 11.7 Å². The monoisotopic (exact) mass is 270 g/mol. The highest BCUT2D eigenvalue weighted by Crippen LogP contribution is 2.17. The Morgan fingerprint density at radius 3 is 2.94 bits per heavy atom. The van der Waals surface area contributed by atoms with Gasteiger partial charge in [0.05, 0.1) is 0 Å². The third-order valence-corrected chi connectivity index (χ3v) is 3.29. The molecule has 0 spiro atoms. The number of nitrogens with zero attached hydrogens (tertiary/aromatic N) is 4. The number of aliphatic imine (C=N–C) groups is 1. The molecule has 0 aliphatic carbocycles. The number of amides is 1. The Labute approximate surface area is 108 Å². The second-order valence-electron chi connectivity index (χ2n) is 3.37. The molecule has 0 saturated heterocycles. The van der Waals surface area contributed by atoms with Crippen LogP contribution in [0.25, 0.3) is 0 Å². The van der Waals surface area contributed by atoms with Crippen LogP contribution in [0.1, 0.15) is 16.9 Å². The van der Waals surface area contributed by atoms with Crippen molar-refractivity contribution in [2.75, 3.05) is 19.3 Å². The van der Waals surface area contributed by atoms with E-state index < -0.39 is 0 Å². The Morgan fingerprint density at radius 1 is 1.47 bits per heavy atom. The summed E-state index contributed by atoms with van der Waals surface area (Å²) in [4.78, 5) is 26.0. The minimum Gasteiger partial charge on any atom is -0.286 e. The molecule has 1 aromatic heterocycles. The Bertz CT molecular complexity index is 465. The van der Waals surface area contributed by atoms with Crippen LogP contribution in [0.4, 0.5) is 0 Å². The van der Waals surface area contributed by atoms with Crippen molar-refractivity contribution in [3.05, 3.63) is 23.2 Å². The molecule has 0 radical (unpaired) electrons. The highest BCUT2D eigenvalue weighted by atomic mass is 35.5. The van der Waals surface area contributed by atoms with Crippen molar-refractivity contribution >= 4 is 34.4 Å². The zero-order chi connectivity index (χ0) is 12.3. The van der Waals surface area contributed by atoms with Crippen molar-refractivity contribution in [3.63, 3.8) is 0 Å². The van der Waals surface area contributed by atoms with Gasteiger partial charge in [-0.25, -0.2) is 9.97 Å². The van der Waals surface area contributed by atoms with Crippen LogP contribution in [0, 0.1) is 0 Å². The number of thioether (sulfide) groups is 1. The molecule has 7 heteroatoms. The first-order chi connectivity index (χ1) is 8.24. The van der Waals surface area contributed by atoms with Crippen molar-refractivity contribution in [1.29, 1.82) is 0 Å². The number of amidine groups is 1. The Morgan fingerprint density at radius 2 is 2.24 bits per heavy atom. The minimum atomic E-state index is -0.240. The van der Waals surface area contributed by atoms with Crippen LogP contribution in [-0.2, 0) is 0 Å². The van der Waals surface area contributed by atoms with E-state index in [0.717, 1.165) is 13.0 Å². The summed E-state index contributed by atoms with van der Waals surface area (Å²) in [6, 6.07) is 0. The van der Waals surface area contributed by atoms with Gasteiger partial charge in [-0.15, -0.1) is 0 Å². The second-order valence-corrected chi connectivity index (χ2v) is 4.51. The van der Waals surface area contributed by atoms with Crippen LogP contribution in [0.3, 0.4) is 0 Å². The highest BCUT2D eigenvalue weighted by Gasteiger charge is 2.25. The fraction of sp³-hybridized carbons (Fsp3) is 0.400. The van der Waals surface area contributed by atoms with E-state index in [1.54, 1.807) is 4.90 Å². The van der Waals surface area contributed by atoms with Gasteiger partial charge in [0.25, 0.3) is 5.91 Å². The van der Waals surface area contributed by atoms with Crippen molar-refractivity contribution in [2.45, 2.75) is 6.42 Å². The minimum absolute atomic E-state index is 0.128. The van der Waals surface area contributed by atoms with Gasteiger partial charge in [-0.1, -0.05) is 23.4 Å². The normalized spacial score (nSPS) is 15.6. The topological polar surface area (TPSA) is 58.5 Å². The average molecular weight is 271 g/mol. The van der Waals surface area contributed by atoms with Gasteiger partial charge in [-0.2, -0.15) is 0 Å². The summed E-state index contributed by atoms with van der Waals surface area (Å²) < 4.78 is 0. The van der Waals surface area contributed by atoms with Crippen molar-refractivity contribution < 1.29 is 4.79 Å². The van der Waals surface area contributed by atoms with Crippen LogP contribution in [0.2, 0.25) is 5.15 Å². The summed E-state index contributed by atoms with van der Waals surface area (Å²) in [6.45, 7) is 1.40. The predicted molar refractivity (Wildman–Crippen MR) is 68.5 cm³/mol. The predicted octanol–water partition coefficient (Wildman–Crippen LogP) is 1.69. The highest BCUT2D eigenvalue weighted by molar-refractivity contribution is 8.13. The molecule has 0 fully saturated rings. The summed E-state index contributed by atoms with van der Waals surface area (Å²) in [5.41, 5.74) is 0.179. The number of rotatable bonds is 1. The molecular weight excluding hydrogens is 260 g/mol. The van der Waals surface area contributed by atoms with E-state index in [-0.39, 0.29) is 16.8 Å². The molecule has 1 aliphatic heterocycles. The van der Waals surface area contributed by atoms with Gasteiger partial charge in [0.1, 0.15) is 0 Å². The molecule has 1 aliphatic rings. The molecule has 0 unspecified atom stereocenters. The SMILES string of the molecule is CSC1=NCCCN1C(=O)c1nccnc1Cl. The van der Waals surface area contributed by atoms with E-state index >= 15 is 0 Å². The fourth-order valence-electron chi connectivity index (χ4n) is 1.54. The number of halogens is 1. The lowest BCUT2D eigenvalue weighted by molar-refractivity contribution is 0.0839. The molecule has 5 nitrogen and oxygen atoms in total. The lowest BCUT2D eigenvalue weighted by atomic mass is 10.3. The first-order valence-corrected chi connectivity index (χ1v) is 6.71. The van der Waals surface area contributed by atoms with E-state index in [4.69, 9.17) is 11.6 Å². The van der Waals surface area contributed by atoms with Gasteiger partial charge in [0.2, 0.25) is 0 Å². The van der Waals surface area contributed by atoms with Crippen LogP contribution in [0.15, 0.2) is 17.4 Å². The van der Waals surface area contributed by atoms with Gasteiger partial charge in [-0.3, -0.25) is 14.7 Å². The molecule has 2 heterocycles. The van der Waals surface area contributed by atoms with Gasteiger partial charge < -0.3 is 0 Å². The van der Waals surface area contributed by atoms with Gasteiger partial charge >= 0.3 is 0 Å². The summed E-state index contributed by atoms with van der Waals surface area (Å²) in [6.07, 6.45) is 5.66. The molecule has 17 heavy (non-hydrogen) atoms. The standard InChI is InChI=1S/C10H11ClN4OS/c1-17-10-14-3-2-6-15(10)9(16)7-8(11)13-5-4-12-7/h4-5H,2-3,6H2,1H3. The molecule has 0 N–H and O–H groups in total. The summed E-state index contributed by atoms with van der Waals surface area (Å²) in [7, 11) is 0. The first kappa shape index (κ1) is 12.3. The number of carbonyl (C=O) groups is 1. The lowest BCUT2D eigenvalue weighted by Crippen LogP contribution is -2.39. The second kappa shape index (κ2) is 5.46. The molecule has 2 rings (SSSR count). The molecular formula is C10H11ClN4OS. The maximum Gasteiger partial charge on any atom is 0.281 e. The summed E-state index contributed by atoms with van der Waals surface area (Å²) in [5.74, 6) is -0.240. The summed E-state index contributed by atoms with van der Waals surface area (Å²) >= 11 is 7.31. The van der Waals surface area contributed by atoms with Gasteiger partial charge in [0, 0.05) is 25.5 Å². The molecule has 1 amide bonds. The molecule has 0 saturated carbocycles. The molecule has 0 aromatic carbocycles. The van der Waals surface area contributed by atoms with E-state index in [2.05, 4.69) is 15.0 Å². The van der Waals surface area contributed by atoms with Gasteiger partial charge in [0.15, 0.2) is 16.0 Å². The molecule has 0 atom stereocenters. The molecule has 90 valence electrons. The average Bonchev–Trinajstić information content (AvgIpc) is 2.38. The summed E-state index contributed by atoms with van der Waals surface area (Å²) in [5, 5.41) is 0.839. The zero-order valence-corrected chi connectivity index (χ0v) is 10.8. The number of aromatic nitrogens is 2. The quantitative estimate of drug-likeness (QED) is 0.779. The van der Waals surface area contributed by atoms with Crippen LogP contribution < -0.4 is 0 Å². The fourth-order valence-corrected chi connectivity index (χ4v) is 2.34. The number of carbonyl (C=O) groups excluding carboxylic acids is 1. The lowest BCUT2D eigenvalue weighted by Gasteiger charge is -2.25. The van der Waals surface area contributed by atoms with Crippen molar-refractivity contribution in [2.24, 2.45) is 4.99 Å². The maximum atomic E-state index is 12.2. The smallest absolute Gasteiger partial charge is 0.281 e. The first-order valence-electron chi connectivity index (χ1n) is 5.11. The Hall–Kier alpha value is -1.14. The Kier molecular flexibility index (Phi) is 3.96. The van der Waals surface area contributed by atoms with Crippen LogP contribution >= 0.6 is 23.4 Å². The third kappa shape index (κ3) is 2.58. The van der Waals surface area contributed by atoms with E-state index in [1.807, 2.05) is 6.26 Å². The Balaban J connectivity index is 2.29. The van der Waals surface area contributed by atoms with Crippen LogP contribution in [0.5, 0.6) is 0 Å². The van der Waals surface area contributed by atoms with E-state index in [9.17, 15) is 4.79 Å². The molecule has 0 bridgehead atoms. The maximum absolute atomic E-state index is 12.2. The van der Waals surface area contributed by atoms with Crippen LogP contribution in [-0.4, -0.2) is 45.3 Å². The van der Waals surface area contributed by atoms with Gasteiger partial charge in [-0.05, 0) is 12.7 Å². The molecule has 1 aromatic rings. The number of hydrogen-bond acceptors (Lipinski definition) is 5. The zero-order valence-electron chi connectivity index (χ0n) is 9.26. The number of hydrogen-bond donors (Lipinski definition) is 0. The van der Waals surface area contributed by atoms with E-state index in [1.165, 1.54) is 24.2 Å². The third-order valence-electron chi connectivity index (χ3n) is 2.30. The largest absolute Gasteiger partial charge is 0.286 e. The van der Waals surface area contributed by atoms with Crippen molar-refractivity contribution in [3.8, 4) is 0 Å². The van der Waals surface area contributed by atoms with Crippen molar-refractivity contribution in [1.82, 2.24) is 14.9 Å².